The first-order valence-corrected chi connectivity index (χ1v) is 10.6. The SMILES string of the molecule is Cc1ccc(S(=O)(=O)NCc2nc(CN3CCCCC3)cs2)cc1. The minimum atomic E-state index is -3.49. The van der Waals surface area contributed by atoms with E-state index in [1.54, 1.807) is 24.3 Å². The van der Waals surface area contributed by atoms with Crippen molar-refractivity contribution in [2.45, 2.75) is 44.2 Å². The molecule has 1 aliphatic heterocycles. The predicted octanol–water partition coefficient (Wildman–Crippen LogP) is 2.92. The number of aryl methyl sites for hydroxylation is 1. The van der Waals surface area contributed by atoms with Gasteiger partial charge in [-0.15, -0.1) is 11.3 Å². The molecule has 0 atom stereocenters. The zero-order valence-electron chi connectivity index (χ0n) is 13.9. The summed E-state index contributed by atoms with van der Waals surface area (Å²) in [7, 11) is -3.49. The van der Waals surface area contributed by atoms with Crippen molar-refractivity contribution < 1.29 is 8.42 Å². The predicted molar refractivity (Wildman–Crippen MR) is 96.4 cm³/mol. The number of thiazole rings is 1. The van der Waals surface area contributed by atoms with Crippen LogP contribution in [-0.2, 0) is 23.1 Å². The minimum Gasteiger partial charge on any atom is -0.297 e. The van der Waals surface area contributed by atoms with Gasteiger partial charge in [0.15, 0.2) is 0 Å². The molecule has 1 saturated heterocycles. The van der Waals surface area contributed by atoms with Crippen LogP contribution < -0.4 is 4.72 Å². The highest BCUT2D eigenvalue weighted by atomic mass is 32.2. The number of nitrogens with zero attached hydrogens (tertiary/aromatic N) is 2. The third-order valence-electron chi connectivity index (χ3n) is 4.18. The Balaban J connectivity index is 1.57. The number of likely N-dealkylation sites (tertiary alicyclic amines) is 1. The largest absolute Gasteiger partial charge is 0.297 e. The van der Waals surface area contributed by atoms with Crippen LogP contribution in [0.3, 0.4) is 0 Å². The van der Waals surface area contributed by atoms with E-state index in [-0.39, 0.29) is 11.4 Å². The van der Waals surface area contributed by atoms with E-state index in [9.17, 15) is 8.42 Å². The Morgan fingerprint density at radius 1 is 1.17 bits per heavy atom. The lowest BCUT2D eigenvalue weighted by atomic mass is 10.1. The van der Waals surface area contributed by atoms with Crippen LogP contribution >= 0.6 is 11.3 Å². The van der Waals surface area contributed by atoms with Crippen LogP contribution in [-0.4, -0.2) is 31.4 Å². The van der Waals surface area contributed by atoms with Gasteiger partial charge in [-0.05, 0) is 45.0 Å². The van der Waals surface area contributed by atoms with Crippen LogP contribution in [0.5, 0.6) is 0 Å². The first kappa shape index (κ1) is 17.5. The number of hydrogen-bond donors (Lipinski definition) is 1. The van der Waals surface area contributed by atoms with Gasteiger partial charge in [0, 0.05) is 11.9 Å². The van der Waals surface area contributed by atoms with Crippen molar-refractivity contribution in [1.29, 1.82) is 0 Å². The second-order valence-electron chi connectivity index (χ2n) is 6.21. The molecular weight excluding hydrogens is 342 g/mol. The van der Waals surface area contributed by atoms with Gasteiger partial charge in [-0.1, -0.05) is 24.1 Å². The molecule has 24 heavy (non-hydrogen) atoms. The number of aromatic nitrogens is 1. The molecule has 1 N–H and O–H groups in total. The summed E-state index contributed by atoms with van der Waals surface area (Å²) in [5.41, 5.74) is 2.07. The Bertz CT molecular complexity index is 763. The van der Waals surface area contributed by atoms with Gasteiger partial charge in [-0.2, -0.15) is 0 Å². The van der Waals surface area contributed by atoms with Crippen molar-refractivity contribution in [1.82, 2.24) is 14.6 Å². The van der Waals surface area contributed by atoms with Crippen LogP contribution in [0.1, 0.15) is 35.5 Å². The average Bonchev–Trinajstić information content (AvgIpc) is 3.02. The molecule has 0 amide bonds. The molecule has 0 spiro atoms. The standard InChI is InChI=1S/C17H23N3O2S2/c1-14-5-7-16(8-6-14)24(21,22)18-11-17-19-15(13-23-17)12-20-9-3-2-4-10-20/h5-8,13,18H,2-4,9-12H2,1H3. The van der Waals surface area contributed by atoms with Crippen molar-refractivity contribution in [2.75, 3.05) is 13.1 Å². The van der Waals surface area contributed by atoms with E-state index in [1.807, 2.05) is 12.3 Å². The fourth-order valence-electron chi connectivity index (χ4n) is 2.81. The van der Waals surface area contributed by atoms with E-state index in [1.165, 1.54) is 30.6 Å². The number of rotatable bonds is 6. The third kappa shape index (κ3) is 4.63. The molecule has 7 heteroatoms. The molecule has 130 valence electrons. The lowest BCUT2D eigenvalue weighted by Crippen LogP contribution is -2.29. The van der Waals surface area contributed by atoms with Gasteiger partial charge in [0.1, 0.15) is 5.01 Å². The molecule has 1 aliphatic rings. The van der Waals surface area contributed by atoms with Crippen molar-refractivity contribution >= 4 is 21.4 Å². The summed E-state index contributed by atoms with van der Waals surface area (Å²) in [6.45, 7) is 5.30. The third-order valence-corrected chi connectivity index (χ3v) is 6.49. The Labute approximate surface area is 147 Å². The van der Waals surface area contributed by atoms with Crippen molar-refractivity contribution in [2.24, 2.45) is 0 Å². The summed E-state index contributed by atoms with van der Waals surface area (Å²) in [5, 5.41) is 2.84. The topological polar surface area (TPSA) is 62.3 Å². The molecule has 0 radical (unpaired) electrons. The molecule has 0 aliphatic carbocycles. The number of benzene rings is 1. The first-order valence-electron chi connectivity index (χ1n) is 8.25. The molecule has 1 aromatic carbocycles. The molecule has 2 heterocycles. The lowest BCUT2D eigenvalue weighted by molar-refractivity contribution is 0.219. The van der Waals surface area contributed by atoms with Crippen LogP contribution in [0.15, 0.2) is 34.5 Å². The van der Waals surface area contributed by atoms with Crippen LogP contribution in [0, 0.1) is 6.92 Å². The van der Waals surface area contributed by atoms with Crippen LogP contribution in [0.2, 0.25) is 0 Å². The summed E-state index contributed by atoms with van der Waals surface area (Å²) in [4.78, 5) is 7.27. The van der Waals surface area contributed by atoms with E-state index in [4.69, 9.17) is 0 Å². The van der Waals surface area contributed by atoms with Crippen LogP contribution in [0.25, 0.3) is 0 Å². The number of nitrogens with one attached hydrogen (secondary N) is 1. The smallest absolute Gasteiger partial charge is 0.240 e. The molecular formula is C17H23N3O2S2. The molecule has 1 fully saturated rings. The molecule has 0 bridgehead atoms. The second kappa shape index (κ2) is 7.74. The van der Waals surface area contributed by atoms with Gasteiger partial charge in [0.25, 0.3) is 0 Å². The van der Waals surface area contributed by atoms with E-state index in [0.717, 1.165) is 35.9 Å². The van der Waals surface area contributed by atoms with E-state index >= 15 is 0 Å². The van der Waals surface area contributed by atoms with Gasteiger partial charge < -0.3 is 0 Å². The number of hydrogen-bond acceptors (Lipinski definition) is 5. The fraction of sp³-hybridized carbons (Fsp3) is 0.471. The molecule has 5 nitrogen and oxygen atoms in total. The van der Waals surface area contributed by atoms with Crippen molar-refractivity contribution in [3.05, 3.63) is 45.9 Å². The maximum Gasteiger partial charge on any atom is 0.240 e. The number of sulfonamides is 1. The molecule has 2 aromatic rings. The second-order valence-corrected chi connectivity index (χ2v) is 8.92. The van der Waals surface area contributed by atoms with Crippen LogP contribution in [0.4, 0.5) is 0 Å². The molecule has 3 rings (SSSR count). The first-order chi connectivity index (χ1) is 11.5. The van der Waals surface area contributed by atoms with Crippen molar-refractivity contribution in [3.63, 3.8) is 0 Å². The lowest BCUT2D eigenvalue weighted by Gasteiger charge is -2.25. The number of piperidine rings is 1. The fourth-order valence-corrected chi connectivity index (χ4v) is 4.61. The maximum absolute atomic E-state index is 12.3. The summed E-state index contributed by atoms with van der Waals surface area (Å²) in [5.74, 6) is 0. The minimum absolute atomic E-state index is 0.237. The molecule has 0 saturated carbocycles. The Kier molecular flexibility index (Phi) is 5.65. The molecule has 1 aromatic heterocycles. The van der Waals surface area contributed by atoms with Gasteiger partial charge in [0.2, 0.25) is 10.0 Å². The van der Waals surface area contributed by atoms with Gasteiger partial charge in [-0.3, -0.25) is 4.90 Å². The van der Waals surface area contributed by atoms with E-state index in [0.29, 0.717) is 0 Å². The summed E-state index contributed by atoms with van der Waals surface area (Å²) in [6, 6.07) is 6.85. The molecule has 0 unspecified atom stereocenters. The average molecular weight is 366 g/mol. The monoisotopic (exact) mass is 365 g/mol. The van der Waals surface area contributed by atoms with E-state index < -0.39 is 10.0 Å². The zero-order valence-corrected chi connectivity index (χ0v) is 15.5. The van der Waals surface area contributed by atoms with Gasteiger partial charge in [-0.25, -0.2) is 18.1 Å². The van der Waals surface area contributed by atoms with Crippen molar-refractivity contribution in [3.8, 4) is 0 Å². The quantitative estimate of drug-likeness (QED) is 0.855. The Hall–Kier alpha value is -1.28. The van der Waals surface area contributed by atoms with E-state index in [2.05, 4.69) is 14.6 Å². The summed E-state index contributed by atoms with van der Waals surface area (Å²) >= 11 is 1.51. The summed E-state index contributed by atoms with van der Waals surface area (Å²) in [6.07, 6.45) is 3.83. The summed E-state index contributed by atoms with van der Waals surface area (Å²) < 4.78 is 27.2. The maximum atomic E-state index is 12.3. The normalized spacial score (nSPS) is 16.4. The Morgan fingerprint density at radius 2 is 1.88 bits per heavy atom. The Morgan fingerprint density at radius 3 is 2.58 bits per heavy atom. The zero-order chi connectivity index (χ0) is 17.0. The highest BCUT2D eigenvalue weighted by Gasteiger charge is 2.15. The van der Waals surface area contributed by atoms with Gasteiger partial charge >= 0.3 is 0 Å². The van der Waals surface area contributed by atoms with Gasteiger partial charge in [0.05, 0.1) is 17.1 Å². The highest BCUT2D eigenvalue weighted by Crippen LogP contribution is 2.16. The highest BCUT2D eigenvalue weighted by molar-refractivity contribution is 7.89.